The second kappa shape index (κ2) is 7.59. The van der Waals surface area contributed by atoms with Gasteiger partial charge in [-0.25, -0.2) is 4.79 Å². The van der Waals surface area contributed by atoms with Gasteiger partial charge in [-0.15, -0.1) is 0 Å². The van der Waals surface area contributed by atoms with E-state index in [1.54, 1.807) is 0 Å². The molecule has 2 amide bonds. The summed E-state index contributed by atoms with van der Waals surface area (Å²) in [6.45, 7) is 3.44. The molecule has 1 heterocycles. The van der Waals surface area contributed by atoms with Crippen molar-refractivity contribution in [3.05, 3.63) is 40.2 Å². The highest BCUT2D eigenvalue weighted by molar-refractivity contribution is 5.96. The number of halogens is 3. The van der Waals surface area contributed by atoms with E-state index in [1.807, 2.05) is 13.8 Å². The van der Waals surface area contributed by atoms with Gasteiger partial charge in [-0.05, 0) is 18.1 Å². The monoisotopic (exact) mass is 370 g/mol. The minimum Gasteiger partial charge on any atom is -0.423 e. The fraction of sp³-hybridized carbons (Fsp3) is 0.353. The maximum absolute atomic E-state index is 13.0. The zero-order valence-corrected chi connectivity index (χ0v) is 14.1. The number of benzene rings is 1. The molecule has 26 heavy (non-hydrogen) atoms. The zero-order valence-electron chi connectivity index (χ0n) is 14.1. The van der Waals surface area contributed by atoms with Crippen molar-refractivity contribution in [2.24, 2.45) is 5.92 Å². The molecule has 2 rings (SSSR count). The van der Waals surface area contributed by atoms with Gasteiger partial charge in [-0.3, -0.25) is 9.59 Å². The summed E-state index contributed by atoms with van der Waals surface area (Å²) in [4.78, 5) is 34.7. The van der Waals surface area contributed by atoms with Crippen molar-refractivity contribution >= 4 is 28.5 Å². The lowest BCUT2D eigenvalue weighted by molar-refractivity contribution is -0.136. The molecule has 0 atom stereocenters. The minimum atomic E-state index is -4.71. The second-order valence-electron chi connectivity index (χ2n) is 6.11. The van der Waals surface area contributed by atoms with E-state index in [0.29, 0.717) is 6.07 Å². The van der Waals surface area contributed by atoms with E-state index in [9.17, 15) is 27.6 Å². The van der Waals surface area contributed by atoms with E-state index in [1.165, 1.54) is 6.07 Å². The molecule has 0 spiro atoms. The Morgan fingerprint density at radius 2 is 1.85 bits per heavy atom. The van der Waals surface area contributed by atoms with Crippen LogP contribution in [0.2, 0.25) is 0 Å². The van der Waals surface area contributed by atoms with Crippen LogP contribution in [0.25, 0.3) is 11.0 Å². The predicted molar refractivity (Wildman–Crippen MR) is 88.6 cm³/mol. The van der Waals surface area contributed by atoms with Crippen molar-refractivity contribution in [2.45, 2.75) is 26.4 Å². The van der Waals surface area contributed by atoms with Gasteiger partial charge >= 0.3 is 11.8 Å². The van der Waals surface area contributed by atoms with Crippen molar-refractivity contribution < 1.29 is 27.2 Å². The van der Waals surface area contributed by atoms with E-state index >= 15 is 0 Å². The smallest absolute Gasteiger partial charge is 0.417 e. The summed E-state index contributed by atoms with van der Waals surface area (Å²) in [5, 5.41) is 4.57. The van der Waals surface area contributed by atoms with Gasteiger partial charge in [0, 0.05) is 29.6 Å². The molecule has 2 aromatic rings. The average Bonchev–Trinajstić information content (AvgIpc) is 2.50. The van der Waals surface area contributed by atoms with Gasteiger partial charge in [0.25, 0.3) is 0 Å². The van der Waals surface area contributed by atoms with E-state index in [-0.39, 0.29) is 41.4 Å². The Labute approximate surface area is 146 Å². The molecule has 1 aromatic carbocycles. The van der Waals surface area contributed by atoms with Crippen molar-refractivity contribution in [1.29, 1.82) is 0 Å². The molecule has 140 valence electrons. The topological polar surface area (TPSA) is 88.4 Å². The largest absolute Gasteiger partial charge is 0.423 e. The van der Waals surface area contributed by atoms with Crippen LogP contribution in [-0.4, -0.2) is 18.4 Å². The molecule has 0 aliphatic heterocycles. The van der Waals surface area contributed by atoms with Crippen LogP contribution in [0.1, 0.15) is 25.8 Å². The van der Waals surface area contributed by atoms with Gasteiger partial charge in [-0.1, -0.05) is 13.8 Å². The van der Waals surface area contributed by atoms with Crippen molar-refractivity contribution in [3.8, 4) is 0 Å². The molecule has 0 bridgehead atoms. The van der Waals surface area contributed by atoms with Crippen LogP contribution < -0.4 is 16.3 Å². The number of hydrogen-bond acceptors (Lipinski definition) is 4. The normalized spacial score (nSPS) is 11.6. The first-order chi connectivity index (χ1) is 12.1. The average molecular weight is 370 g/mol. The van der Waals surface area contributed by atoms with E-state index < -0.39 is 23.3 Å². The summed E-state index contributed by atoms with van der Waals surface area (Å²) in [5.74, 6) is -0.700. The second-order valence-corrected chi connectivity index (χ2v) is 6.11. The molecule has 0 saturated heterocycles. The summed E-state index contributed by atoms with van der Waals surface area (Å²) in [5.41, 5.74) is -2.41. The molecule has 0 saturated carbocycles. The molecule has 9 heteroatoms. The van der Waals surface area contributed by atoms with Gasteiger partial charge in [0.05, 0.1) is 12.1 Å². The van der Waals surface area contributed by atoms with Crippen LogP contribution >= 0.6 is 0 Å². The first kappa shape index (κ1) is 19.5. The number of amides is 2. The van der Waals surface area contributed by atoms with Gasteiger partial charge in [0.15, 0.2) is 0 Å². The quantitative estimate of drug-likeness (QED) is 0.792. The van der Waals surface area contributed by atoms with Gasteiger partial charge in [0.1, 0.15) is 5.58 Å². The number of fused-ring (bicyclic) bond motifs is 1. The SMILES string of the molecule is CC(C)CC(=O)NCC(=O)Nc1ccc2c(C(F)(F)F)cc(=O)oc2c1. The molecular weight excluding hydrogens is 353 g/mol. The van der Waals surface area contributed by atoms with E-state index in [2.05, 4.69) is 10.6 Å². The Bertz CT molecular complexity index is 888. The fourth-order valence-electron chi connectivity index (χ4n) is 2.30. The first-order valence-corrected chi connectivity index (χ1v) is 7.78. The molecule has 0 fully saturated rings. The Morgan fingerprint density at radius 3 is 2.46 bits per heavy atom. The lowest BCUT2D eigenvalue weighted by Crippen LogP contribution is -2.33. The van der Waals surface area contributed by atoms with Gasteiger partial charge in [0.2, 0.25) is 11.8 Å². The molecule has 6 nitrogen and oxygen atoms in total. The predicted octanol–water partition coefficient (Wildman–Crippen LogP) is 2.91. The molecule has 0 radical (unpaired) electrons. The number of nitrogens with one attached hydrogen (secondary N) is 2. The molecular formula is C17H17F3N2O4. The number of carbonyl (C=O) groups excluding carboxylic acids is 2. The van der Waals surface area contributed by atoms with Crippen LogP contribution in [0.5, 0.6) is 0 Å². The summed E-state index contributed by atoms with van der Waals surface area (Å²) >= 11 is 0. The highest BCUT2D eigenvalue weighted by Gasteiger charge is 2.33. The number of carbonyl (C=O) groups is 2. The summed E-state index contributed by atoms with van der Waals surface area (Å²) in [7, 11) is 0. The van der Waals surface area contributed by atoms with Crippen LogP contribution in [-0.2, 0) is 15.8 Å². The standard InChI is InChI=1S/C17H17F3N2O4/c1-9(2)5-14(23)21-8-15(24)22-10-3-4-11-12(17(18,19)20)7-16(25)26-13(11)6-10/h3-4,6-7,9H,5,8H2,1-2H3,(H,21,23)(H,22,24). The molecule has 1 aromatic heterocycles. The third-order valence-corrected chi connectivity index (χ3v) is 3.37. The number of hydrogen-bond donors (Lipinski definition) is 2. The summed E-state index contributed by atoms with van der Waals surface area (Å²) in [6, 6.07) is 3.87. The highest BCUT2D eigenvalue weighted by atomic mass is 19.4. The van der Waals surface area contributed by atoms with Crippen molar-refractivity contribution in [1.82, 2.24) is 5.32 Å². The van der Waals surface area contributed by atoms with Gasteiger partial charge < -0.3 is 15.1 Å². The maximum atomic E-state index is 13.0. The van der Waals surface area contributed by atoms with Crippen LogP contribution in [0, 0.1) is 5.92 Å². The molecule has 2 N–H and O–H groups in total. The number of rotatable bonds is 5. The Kier molecular flexibility index (Phi) is 5.69. The van der Waals surface area contributed by atoms with E-state index in [4.69, 9.17) is 4.42 Å². The summed E-state index contributed by atoms with van der Waals surface area (Å²) in [6.07, 6.45) is -4.44. The Balaban J connectivity index is 2.15. The van der Waals surface area contributed by atoms with E-state index in [0.717, 1.165) is 12.1 Å². The van der Waals surface area contributed by atoms with Crippen LogP contribution in [0.15, 0.2) is 33.5 Å². The fourth-order valence-corrected chi connectivity index (χ4v) is 2.30. The molecule has 0 unspecified atom stereocenters. The third kappa shape index (κ3) is 5.08. The van der Waals surface area contributed by atoms with Gasteiger partial charge in [-0.2, -0.15) is 13.2 Å². The number of anilines is 1. The number of alkyl halides is 3. The van der Waals surface area contributed by atoms with Crippen molar-refractivity contribution in [2.75, 3.05) is 11.9 Å². The molecule has 0 aliphatic rings. The highest BCUT2D eigenvalue weighted by Crippen LogP contribution is 2.34. The van der Waals surface area contributed by atoms with Crippen molar-refractivity contribution in [3.63, 3.8) is 0 Å². The lowest BCUT2D eigenvalue weighted by Gasteiger charge is -2.11. The lowest BCUT2D eigenvalue weighted by atomic mass is 10.1. The Morgan fingerprint density at radius 1 is 1.15 bits per heavy atom. The third-order valence-electron chi connectivity index (χ3n) is 3.37. The first-order valence-electron chi connectivity index (χ1n) is 7.78. The zero-order chi connectivity index (χ0) is 19.5. The molecule has 0 aliphatic carbocycles. The maximum Gasteiger partial charge on any atom is 0.417 e. The van der Waals surface area contributed by atoms with Crippen LogP contribution in [0.3, 0.4) is 0 Å². The minimum absolute atomic E-state index is 0.142. The van der Waals surface area contributed by atoms with Crippen LogP contribution in [0.4, 0.5) is 18.9 Å². The summed E-state index contributed by atoms with van der Waals surface area (Å²) < 4.78 is 43.7. The Hall–Kier alpha value is -2.84.